The number of hydrazone groups is 1. The molecule has 6 heteroatoms. The SMILES string of the molecule is COc1ccc(C2=NN(c3ccccc3)[C@H]3C(=O)N(c4ccccc4)C(=O)[C@@H]23)cc1. The summed E-state index contributed by atoms with van der Waals surface area (Å²) in [5.74, 6) is -0.489. The van der Waals surface area contributed by atoms with Crippen molar-refractivity contribution >= 4 is 28.9 Å². The van der Waals surface area contributed by atoms with E-state index in [-0.39, 0.29) is 11.8 Å². The first-order valence-electron chi connectivity index (χ1n) is 9.69. The summed E-state index contributed by atoms with van der Waals surface area (Å²) in [7, 11) is 1.60. The second kappa shape index (κ2) is 7.15. The molecule has 0 bridgehead atoms. The van der Waals surface area contributed by atoms with Crippen molar-refractivity contribution in [3.05, 3.63) is 90.5 Å². The minimum atomic E-state index is -0.711. The Hall–Kier alpha value is -3.93. The van der Waals surface area contributed by atoms with Crippen LogP contribution >= 0.6 is 0 Å². The highest BCUT2D eigenvalue weighted by Crippen LogP contribution is 2.39. The lowest BCUT2D eigenvalue weighted by Gasteiger charge is -2.22. The molecule has 2 heterocycles. The Labute approximate surface area is 174 Å². The molecular formula is C24H19N3O3. The molecule has 0 radical (unpaired) electrons. The number of hydrogen-bond acceptors (Lipinski definition) is 5. The Morgan fingerprint density at radius 2 is 1.37 bits per heavy atom. The maximum Gasteiger partial charge on any atom is 0.259 e. The number of benzene rings is 3. The van der Waals surface area contributed by atoms with Crippen molar-refractivity contribution in [3.8, 4) is 5.75 Å². The molecule has 2 aliphatic heterocycles. The van der Waals surface area contributed by atoms with Crippen LogP contribution in [0.2, 0.25) is 0 Å². The number of nitrogens with zero attached hydrogens (tertiary/aromatic N) is 3. The van der Waals surface area contributed by atoms with Gasteiger partial charge in [0.15, 0.2) is 0 Å². The predicted octanol–water partition coefficient (Wildman–Crippen LogP) is 3.48. The van der Waals surface area contributed by atoms with Gasteiger partial charge in [0, 0.05) is 0 Å². The number of rotatable bonds is 4. The molecule has 3 aromatic rings. The van der Waals surface area contributed by atoms with Crippen LogP contribution in [0.5, 0.6) is 5.75 Å². The van der Waals surface area contributed by atoms with Gasteiger partial charge in [0.2, 0.25) is 5.91 Å². The molecule has 0 N–H and O–H groups in total. The molecule has 3 aromatic carbocycles. The Kier molecular flexibility index (Phi) is 4.32. The first kappa shape index (κ1) is 18.1. The largest absolute Gasteiger partial charge is 0.497 e. The third-order valence-electron chi connectivity index (χ3n) is 5.47. The van der Waals surface area contributed by atoms with E-state index < -0.39 is 12.0 Å². The standard InChI is InChI=1S/C24H19N3O3/c1-30-19-14-12-16(13-15-19)21-20-22(27(25-21)18-10-6-3-7-11-18)24(29)26(23(20)28)17-8-4-2-5-9-17/h2-15,20,22H,1H3/t20-,22+/m0/s1. The summed E-state index contributed by atoms with van der Waals surface area (Å²) >= 11 is 0. The number of carbonyl (C=O) groups is 2. The van der Waals surface area contributed by atoms with E-state index in [9.17, 15) is 9.59 Å². The molecule has 2 atom stereocenters. The first-order chi connectivity index (χ1) is 14.7. The molecule has 5 rings (SSSR count). The molecule has 2 aliphatic rings. The smallest absolute Gasteiger partial charge is 0.259 e. The molecule has 30 heavy (non-hydrogen) atoms. The number of methoxy groups -OCH3 is 1. The highest BCUT2D eigenvalue weighted by Gasteiger charge is 2.57. The number of imide groups is 1. The van der Waals surface area contributed by atoms with E-state index in [1.54, 1.807) is 24.3 Å². The van der Waals surface area contributed by atoms with Crippen LogP contribution in [-0.4, -0.2) is 30.7 Å². The lowest BCUT2D eigenvalue weighted by atomic mass is 9.93. The van der Waals surface area contributed by atoms with Gasteiger partial charge in [-0.25, -0.2) is 4.90 Å². The fourth-order valence-electron chi connectivity index (χ4n) is 4.04. The Bertz CT molecular complexity index is 1130. The van der Waals surface area contributed by atoms with Gasteiger partial charge in [-0.15, -0.1) is 0 Å². The molecular weight excluding hydrogens is 378 g/mol. The molecule has 0 aromatic heterocycles. The van der Waals surface area contributed by atoms with Gasteiger partial charge in [-0.3, -0.25) is 14.6 Å². The van der Waals surface area contributed by atoms with E-state index in [2.05, 4.69) is 0 Å². The quantitative estimate of drug-likeness (QED) is 0.633. The van der Waals surface area contributed by atoms with Gasteiger partial charge in [0.25, 0.3) is 5.91 Å². The Balaban J connectivity index is 1.62. The van der Waals surface area contributed by atoms with E-state index in [1.165, 1.54) is 4.90 Å². The summed E-state index contributed by atoms with van der Waals surface area (Å²) in [6.07, 6.45) is 0. The number of hydrogen-bond donors (Lipinski definition) is 0. The third kappa shape index (κ3) is 2.76. The molecule has 1 fully saturated rings. The van der Waals surface area contributed by atoms with Gasteiger partial charge in [-0.1, -0.05) is 36.4 Å². The van der Waals surface area contributed by atoms with Gasteiger partial charge in [-0.05, 0) is 54.1 Å². The maximum atomic E-state index is 13.5. The van der Waals surface area contributed by atoms with Crippen molar-refractivity contribution in [2.75, 3.05) is 17.0 Å². The highest BCUT2D eigenvalue weighted by molar-refractivity contribution is 6.34. The van der Waals surface area contributed by atoms with E-state index >= 15 is 0 Å². The summed E-state index contributed by atoms with van der Waals surface area (Å²) in [5, 5.41) is 6.41. The average Bonchev–Trinajstić information content (AvgIpc) is 3.32. The molecule has 0 aliphatic carbocycles. The predicted molar refractivity (Wildman–Crippen MR) is 115 cm³/mol. The zero-order valence-corrected chi connectivity index (χ0v) is 16.3. The van der Waals surface area contributed by atoms with Crippen LogP contribution in [0.25, 0.3) is 0 Å². The minimum Gasteiger partial charge on any atom is -0.497 e. The fraction of sp³-hybridized carbons (Fsp3) is 0.125. The maximum absolute atomic E-state index is 13.5. The van der Waals surface area contributed by atoms with Crippen molar-refractivity contribution in [1.82, 2.24) is 0 Å². The Morgan fingerprint density at radius 1 is 0.767 bits per heavy atom. The third-order valence-corrected chi connectivity index (χ3v) is 5.47. The van der Waals surface area contributed by atoms with Crippen LogP contribution < -0.4 is 14.6 Å². The van der Waals surface area contributed by atoms with Crippen LogP contribution in [0.4, 0.5) is 11.4 Å². The highest BCUT2D eigenvalue weighted by atomic mass is 16.5. The van der Waals surface area contributed by atoms with E-state index in [4.69, 9.17) is 9.84 Å². The normalized spacial score (nSPS) is 20.4. The topological polar surface area (TPSA) is 62.2 Å². The van der Waals surface area contributed by atoms with Crippen LogP contribution in [0.3, 0.4) is 0 Å². The van der Waals surface area contributed by atoms with Gasteiger partial charge in [-0.2, -0.15) is 5.10 Å². The number of fused-ring (bicyclic) bond motifs is 1. The van der Waals surface area contributed by atoms with Crippen molar-refractivity contribution in [3.63, 3.8) is 0 Å². The molecule has 148 valence electrons. The Morgan fingerprint density at radius 3 is 1.97 bits per heavy atom. The molecule has 2 amide bonds. The zero-order chi connectivity index (χ0) is 20.7. The number of carbonyl (C=O) groups excluding carboxylic acids is 2. The van der Waals surface area contributed by atoms with Crippen molar-refractivity contribution in [1.29, 1.82) is 0 Å². The monoisotopic (exact) mass is 397 g/mol. The number of para-hydroxylation sites is 2. The summed E-state index contributed by atoms with van der Waals surface area (Å²) in [6, 6.07) is 25.2. The number of ether oxygens (including phenoxy) is 1. The van der Waals surface area contributed by atoms with Gasteiger partial charge >= 0.3 is 0 Å². The van der Waals surface area contributed by atoms with E-state index in [1.807, 2.05) is 72.8 Å². The van der Waals surface area contributed by atoms with Crippen LogP contribution in [-0.2, 0) is 9.59 Å². The second-order valence-corrected chi connectivity index (χ2v) is 7.16. The summed E-state index contributed by atoms with van der Waals surface area (Å²) in [6.45, 7) is 0. The summed E-state index contributed by atoms with van der Waals surface area (Å²) in [5.41, 5.74) is 2.72. The lowest BCUT2D eigenvalue weighted by molar-refractivity contribution is -0.121. The van der Waals surface area contributed by atoms with Gasteiger partial charge < -0.3 is 4.74 Å². The summed E-state index contributed by atoms with van der Waals surface area (Å²) in [4.78, 5) is 28.2. The number of amides is 2. The summed E-state index contributed by atoms with van der Waals surface area (Å²) < 4.78 is 5.24. The van der Waals surface area contributed by atoms with Crippen molar-refractivity contribution in [2.24, 2.45) is 11.0 Å². The van der Waals surface area contributed by atoms with Gasteiger partial charge in [0.1, 0.15) is 17.7 Å². The fourth-order valence-corrected chi connectivity index (χ4v) is 4.04. The van der Waals surface area contributed by atoms with E-state index in [0.29, 0.717) is 17.1 Å². The molecule has 0 spiro atoms. The van der Waals surface area contributed by atoms with E-state index in [0.717, 1.165) is 11.3 Å². The van der Waals surface area contributed by atoms with Crippen LogP contribution in [0.15, 0.2) is 90.0 Å². The number of anilines is 2. The first-order valence-corrected chi connectivity index (χ1v) is 9.69. The second-order valence-electron chi connectivity index (χ2n) is 7.16. The minimum absolute atomic E-state index is 0.260. The van der Waals surface area contributed by atoms with Crippen LogP contribution in [0, 0.1) is 5.92 Å². The average molecular weight is 397 g/mol. The van der Waals surface area contributed by atoms with Crippen LogP contribution in [0.1, 0.15) is 5.56 Å². The molecule has 1 saturated heterocycles. The molecule has 0 saturated carbocycles. The molecule has 6 nitrogen and oxygen atoms in total. The van der Waals surface area contributed by atoms with Crippen molar-refractivity contribution < 1.29 is 14.3 Å². The zero-order valence-electron chi connectivity index (χ0n) is 16.3. The van der Waals surface area contributed by atoms with Crippen molar-refractivity contribution in [2.45, 2.75) is 6.04 Å². The lowest BCUT2D eigenvalue weighted by Crippen LogP contribution is -2.39. The molecule has 0 unspecified atom stereocenters. The van der Waals surface area contributed by atoms with Gasteiger partial charge in [0.05, 0.1) is 24.2 Å².